The maximum absolute atomic E-state index is 9.95. The Labute approximate surface area is 233 Å². The Kier molecular flexibility index (Phi) is 10.4. The zero-order valence-electron chi connectivity index (χ0n) is 21.6. The van der Waals surface area contributed by atoms with E-state index in [9.17, 15) is 10.2 Å². The maximum atomic E-state index is 9.95. The molecule has 2 heterocycles. The van der Waals surface area contributed by atoms with E-state index in [1.807, 2.05) is 48.5 Å². The summed E-state index contributed by atoms with van der Waals surface area (Å²) in [4.78, 5) is 11.1. The minimum atomic E-state index is -0.0438. The minimum absolute atomic E-state index is 0.0438. The van der Waals surface area contributed by atoms with E-state index in [-0.39, 0.29) is 25.3 Å². The largest absolute Gasteiger partial charge is 0.394 e. The van der Waals surface area contributed by atoms with Crippen molar-refractivity contribution in [1.82, 2.24) is 14.9 Å². The van der Waals surface area contributed by atoms with E-state index in [0.717, 1.165) is 72.0 Å². The van der Waals surface area contributed by atoms with E-state index in [1.165, 1.54) is 0 Å². The second-order valence-corrected chi connectivity index (χ2v) is 10.5. The topological polar surface area (TPSA) is 93.5 Å². The molecular weight excluding hydrogens is 521 g/mol. The monoisotopic (exact) mass is 555 g/mol. The Morgan fingerprint density at radius 1 is 0.737 bits per heavy atom. The molecule has 4 aromatic rings. The molecule has 4 rings (SSSR count). The molecule has 0 saturated carbocycles. The Morgan fingerprint density at radius 3 is 1.61 bits per heavy atom. The lowest BCUT2D eigenvalue weighted by Gasteiger charge is -2.23. The summed E-state index contributed by atoms with van der Waals surface area (Å²) in [6.07, 6.45) is 7.11. The number of rotatable bonds is 14. The normalized spacial score (nSPS) is 13.2. The number of aliphatic hydroxyl groups is 2. The number of anilines is 2. The smallest absolute Gasteiger partial charge is 0.0737 e. The van der Waals surface area contributed by atoms with Crippen molar-refractivity contribution < 1.29 is 10.2 Å². The van der Waals surface area contributed by atoms with Crippen LogP contribution in [0.5, 0.6) is 0 Å². The fraction of sp³-hybridized carbons (Fsp3) is 0.379. The molecule has 4 N–H and O–H groups in total. The number of aromatic nitrogens is 2. The van der Waals surface area contributed by atoms with Crippen LogP contribution in [-0.4, -0.2) is 70.5 Å². The molecule has 2 aromatic heterocycles. The standard InChI is InChI=1S/C29H35Cl2N5O2/c1-36(14-2-4-22(18-37)34-26-10-12-32-28-16-20(30)6-8-24(26)28)15-3-5-23(19-38)35-27-11-13-33-29-17-21(31)7-9-25(27)29/h6-13,16-17,22-23,37-38H,2-5,14-15,18-19H2,1H3,(H,32,34)(H,33,35)/t22-,23-/m1/s1. The van der Waals surface area contributed by atoms with Crippen molar-refractivity contribution in [2.75, 3.05) is 44.0 Å². The van der Waals surface area contributed by atoms with Gasteiger partial charge in [0.1, 0.15) is 0 Å². The van der Waals surface area contributed by atoms with Crippen molar-refractivity contribution in [1.29, 1.82) is 0 Å². The molecule has 0 amide bonds. The van der Waals surface area contributed by atoms with Crippen molar-refractivity contribution >= 4 is 56.4 Å². The van der Waals surface area contributed by atoms with Gasteiger partial charge in [0.25, 0.3) is 0 Å². The van der Waals surface area contributed by atoms with Crippen molar-refractivity contribution in [2.45, 2.75) is 37.8 Å². The maximum Gasteiger partial charge on any atom is 0.0737 e. The highest BCUT2D eigenvalue weighted by Crippen LogP contribution is 2.26. The van der Waals surface area contributed by atoms with Crippen molar-refractivity contribution in [3.8, 4) is 0 Å². The average molecular weight is 557 g/mol. The number of nitrogens with one attached hydrogen (secondary N) is 2. The SMILES string of the molecule is CN(CCC[C@H](CO)Nc1ccnc2cc(Cl)ccc12)CCC[C@H](CO)Nc1ccnc2cc(Cl)ccc12. The number of pyridine rings is 2. The first-order valence-electron chi connectivity index (χ1n) is 13.0. The van der Waals surface area contributed by atoms with Crippen LogP contribution >= 0.6 is 23.2 Å². The molecule has 9 heteroatoms. The minimum Gasteiger partial charge on any atom is -0.394 e. The second-order valence-electron chi connectivity index (χ2n) is 9.68. The van der Waals surface area contributed by atoms with Crippen LogP contribution in [0.25, 0.3) is 21.8 Å². The molecule has 7 nitrogen and oxygen atoms in total. The predicted molar refractivity (Wildman–Crippen MR) is 158 cm³/mol. The van der Waals surface area contributed by atoms with Crippen LogP contribution in [0, 0.1) is 0 Å². The van der Waals surface area contributed by atoms with E-state index in [2.05, 4.69) is 32.5 Å². The van der Waals surface area contributed by atoms with Crippen molar-refractivity contribution in [2.24, 2.45) is 0 Å². The van der Waals surface area contributed by atoms with Gasteiger partial charge in [0.05, 0.1) is 24.2 Å². The zero-order chi connectivity index (χ0) is 26.9. The van der Waals surface area contributed by atoms with Crippen LogP contribution in [0.3, 0.4) is 0 Å². The van der Waals surface area contributed by atoms with Crippen LogP contribution in [0.15, 0.2) is 60.9 Å². The van der Waals surface area contributed by atoms with Gasteiger partial charge in [-0.05, 0) is 94.4 Å². The zero-order valence-corrected chi connectivity index (χ0v) is 23.1. The first-order valence-corrected chi connectivity index (χ1v) is 13.7. The molecule has 0 aliphatic rings. The van der Waals surface area contributed by atoms with Crippen LogP contribution < -0.4 is 10.6 Å². The summed E-state index contributed by atoms with van der Waals surface area (Å²) in [5.41, 5.74) is 3.56. The lowest BCUT2D eigenvalue weighted by molar-refractivity contribution is 0.249. The predicted octanol–water partition coefficient (Wildman–Crippen LogP) is 5.83. The van der Waals surface area contributed by atoms with E-state index < -0.39 is 0 Å². The van der Waals surface area contributed by atoms with Crippen LogP contribution in [0.4, 0.5) is 11.4 Å². The second kappa shape index (κ2) is 13.9. The van der Waals surface area contributed by atoms with Gasteiger partial charge in [0.2, 0.25) is 0 Å². The fourth-order valence-electron chi connectivity index (χ4n) is 4.68. The van der Waals surface area contributed by atoms with Gasteiger partial charge in [-0.3, -0.25) is 9.97 Å². The van der Waals surface area contributed by atoms with E-state index in [1.54, 1.807) is 12.4 Å². The number of hydrogen-bond acceptors (Lipinski definition) is 7. The highest BCUT2D eigenvalue weighted by Gasteiger charge is 2.13. The molecule has 0 radical (unpaired) electrons. The molecule has 0 aliphatic heterocycles. The number of fused-ring (bicyclic) bond motifs is 2. The molecule has 0 aliphatic carbocycles. The molecule has 0 fully saturated rings. The summed E-state index contributed by atoms with van der Waals surface area (Å²) in [6, 6.07) is 15.1. The number of benzene rings is 2. The third kappa shape index (κ3) is 7.68. The molecule has 0 bridgehead atoms. The number of aliphatic hydroxyl groups excluding tert-OH is 2. The Balaban J connectivity index is 1.21. The summed E-state index contributed by atoms with van der Waals surface area (Å²) < 4.78 is 0. The Morgan fingerprint density at radius 2 is 1.18 bits per heavy atom. The number of nitrogens with zero attached hydrogens (tertiary/aromatic N) is 3. The molecular formula is C29H35Cl2N5O2. The Bertz CT molecular complexity index is 1240. The highest BCUT2D eigenvalue weighted by atomic mass is 35.5. The van der Waals surface area contributed by atoms with Gasteiger partial charge in [0, 0.05) is 56.7 Å². The van der Waals surface area contributed by atoms with E-state index >= 15 is 0 Å². The van der Waals surface area contributed by atoms with Gasteiger partial charge in [-0.2, -0.15) is 0 Å². The van der Waals surface area contributed by atoms with Gasteiger partial charge in [-0.1, -0.05) is 23.2 Å². The van der Waals surface area contributed by atoms with Crippen LogP contribution in [-0.2, 0) is 0 Å². The fourth-order valence-corrected chi connectivity index (χ4v) is 5.01. The first kappa shape index (κ1) is 28.3. The third-order valence-corrected chi connectivity index (χ3v) is 7.22. The third-order valence-electron chi connectivity index (χ3n) is 6.75. The summed E-state index contributed by atoms with van der Waals surface area (Å²) in [5.74, 6) is 0. The van der Waals surface area contributed by atoms with E-state index in [4.69, 9.17) is 23.2 Å². The summed E-state index contributed by atoms with van der Waals surface area (Å²) >= 11 is 12.2. The molecule has 202 valence electrons. The molecule has 38 heavy (non-hydrogen) atoms. The first-order chi connectivity index (χ1) is 18.5. The van der Waals surface area contributed by atoms with E-state index in [0.29, 0.717) is 10.0 Å². The lowest BCUT2D eigenvalue weighted by atomic mass is 10.1. The summed E-state index contributed by atoms with van der Waals surface area (Å²) in [7, 11) is 2.11. The van der Waals surface area contributed by atoms with Gasteiger partial charge in [-0.25, -0.2) is 0 Å². The van der Waals surface area contributed by atoms with Crippen LogP contribution in [0.2, 0.25) is 10.0 Å². The van der Waals surface area contributed by atoms with Gasteiger partial charge in [-0.15, -0.1) is 0 Å². The lowest BCUT2D eigenvalue weighted by Crippen LogP contribution is -2.28. The Hall–Kier alpha value is -2.68. The quantitative estimate of drug-likeness (QED) is 0.155. The summed E-state index contributed by atoms with van der Waals surface area (Å²) in [5, 5.41) is 30.1. The molecule has 2 aromatic carbocycles. The van der Waals surface area contributed by atoms with Crippen LogP contribution in [0.1, 0.15) is 25.7 Å². The molecule has 0 spiro atoms. The highest BCUT2D eigenvalue weighted by molar-refractivity contribution is 6.31. The van der Waals surface area contributed by atoms with Crippen molar-refractivity contribution in [3.63, 3.8) is 0 Å². The van der Waals surface area contributed by atoms with Gasteiger partial charge in [0.15, 0.2) is 0 Å². The molecule has 2 atom stereocenters. The van der Waals surface area contributed by atoms with Gasteiger partial charge < -0.3 is 25.7 Å². The van der Waals surface area contributed by atoms with Gasteiger partial charge >= 0.3 is 0 Å². The summed E-state index contributed by atoms with van der Waals surface area (Å²) in [6.45, 7) is 1.97. The number of hydrogen-bond donors (Lipinski definition) is 4. The molecule has 0 unspecified atom stereocenters. The van der Waals surface area contributed by atoms with Crippen molar-refractivity contribution in [3.05, 3.63) is 71.0 Å². The average Bonchev–Trinajstić information content (AvgIpc) is 2.91. The number of halogens is 2. The molecule has 0 saturated heterocycles.